The first kappa shape index (κ1) is 13.4. The molecule has 0 atom stereocenters. The van der Waals surface area contributed by atoms with Crippen molar-refractivity contribution in [3.05, 3.63) is 58.9 Å². The topological polar surface area (TPSA) is 38.3 Å². The molecule has 0 aromatic heterocycles. The third-order valence-electron chi connectivity index (χ3n) is 2.52. The molecular formula is C14H11ClFNO2. The van der Waals surface area contributed by atoms with Gasteiger partial charge in [-0.3, -0.25) is 4.79 Å². The number of ether oxygens (including phenoxy) is 1. The van der Waals surface area contributed by atoms with Gasteiger partial charge in [0, 0.05) is 11.3 Å². The molecular weight excluding hydrogens is 269 g/mol. The van der Waals surface area contributed by atoms with Crippen LogP contribution < -0.4 is 10.1 Å². The van der Waals surface area contributed by atoms with Crippen LogP contribution in [0.15, 0.2) is 42.5 Å². The lowest BCUT2D eigenvalue weighted by atomic mass is 10.2. The van der Waals surface area contributed by atoms with E-state index in [0.717, 1.165) is 0 Å². The van der Waals surface area contributed by atoms with Gasteiger partial charge in [0.05, 0.1) is 12.1 Å². The van der Waals surface area contributed by atoms with Crippen LogP contribution in [0.2, 0.25) is 5.02 Å². The summed E-state index contributed by atoms with van der Waals surface area (Å²) in [4.78, 5) is 11.9. The largest absolute Gasteiger partial charge is 0.495 e. The average molecular weight is 280 g/mol. The van der Waals surface area contributed by atoms with Gasteiger partial charge in [-0.05, 0) is 42.5 Å². The summed E-state index contributed by atoms with van der Waals surface area (Å²) in [6.07, 6.45) is 0. The van der Waals surface area contributed by atoms with Crippen LogP contribution in [-0.2, 0) is 0 Å². The van der Waals surface area contributed by atoms with E-state index in [1.54, 1.807) is 18.2 Å². The van der Waals surface area contributed by atoms with E-state index in [9.17, 15) is 9.18 Å². The molecule has 0 spiro atoms. The van der Waals surface area contributed by atoms with Crippen LogP contribution in [0.1, 0.15) is 10.4 Å². The first-order valence-electron chi connectivity index (χ1n) is 5.50. The Morgan fingerprint density at radius 2 is 1.89 bits per heavy atom. The summed E-state index contributed by atoms with van der Waals surface area (Å²) in [7, 11) is 1.51. The van der Waals surface area contributed by atoms with Gasteiger partial charge in [0.2, 0.25) is 0 Å². The number of carbonyl (C=O) groups excluding carboxylic acids is 1. The van der Waals surface area contributed by atoms with Crippen molar-refractivity contribution in [2.24, 2.45) is 0 Å². The van der Waals surface area contributed by atoms with E-state index in [1.165, 1.54) is 31.4 Å². The summed E-state index contributed by atoms with van der Waals surface area (Å²) in [5.74, 6) is -0.188. The number of carbonyl (C=O) groups is 1. The lowest BCUT2D eigenvalue weighted by Gasteiger charge is -2.08. The van der Waals surface area contributed by atoms with Gasteiger partial charge in [0.15, 0.2) is 0 Å². The zero-order chi connectivity index (χ0) is 13.8. The molecule has 98 valence electrons. The Hall–Kier alpha value is -2.07. The second-order valence-corrected chi connectivity index (χ2v) is 4.22. The maximum atomic E-state index is 12.8. The number of hydrogen-bond donors (Lipinski definition) is 1. The highest BCUT2D eigenvalue weighted by Crippen LogP contribution is 2.27. The predicted molar refractivity (Wildman–Crippen MR) is 72.4 cm³/mol. The maximum absolute atomic E-state index is 12.8. The summed E-state index contributed by atoms with van der Waals surface area (Å²) >= 11 is 5.95. The van der Waals surface area contributed by atoms with Gasteiger partial charge in [-0.2, -0.15) is 0 Å². The third-order valence-corrected chi connectivity index (χ3v) is 2.81. The molecule has 0 bridgehead atoms. The third kappa shape index (κ3) is 3.23. The molecule has 0 heterocycles. The molecule has 19 heavy (non-hydrogen) atoms. The Morgan fingerprint density at radius 3 is 2.47 bits per heavy atom. The first-order chi connectivity index (χ1) is 9.10. The monoisotopic (exact) mass is 279 g/mol. The highest BCUT2D eigenvalue weighted by atomic mass is 35.5. The number of halogens is 2. The smallest absolute Gasteiger partial charge is 0.255 e. The van der Waals surface area contributed by atoms with Crippen molar-refractivity contribution in [2.75, 3.05) is 12.4 Å². The molecule has 2 rings (SSSR count). The normalized spacial score (nSPS) is 10.1. The summed E-state index contributed by atoms with van der Waals surface area (Å²) in [5.41, 5.74) is 0.911. The molecule has 0 fully saturated rings. The summed E-state index contributed by atoms with van der Waals surface area (Å²) in [6, 6.07) is 10.2. The van der Waals surface area contributed by atoms with E-state index < -0.39 is 0 Å². The molecule has 5 heteroatoms. The number of nitrogens with one attached hydrogen (secondary N) is 1. The highest BCUT2D eigenvalue weighted by Gasteiger charge is 2.08. The summed E-state index contributed by atoms with van der Waals surface area (Å²) < 4.78 is 17.8. The van der Waals surface area contributed by atoms with Crippen LogP contribution >= 0.6 is 11.6 Å². The van der Waals surface area contributed by atoms with E-state index >= 15 is 0 Å². The number of hydrogen-bond acceptors (Lipinski definition) is 2. The minimum Gasteiger partial charge on any atom is -0.495 e. The van der Waals surface area contributed by atoms with Crippen LogP contribution in [0.3, 0.4) is 0 Å². The van der Waals surface area contributed by atoms with Gasteiger partial charge in [-0.15, -0.1) is 0 Å². The van der Waals surface area contributed by atoms with Gasteiger partial charge in [-0.25, -0.2) is 4.39 Å². The van der Waals surface area contributed by atoms with Crippen molar-refractivity contribution < 1.29 is 13.9 Å². The van der Waals surface area contributed by atoms with Crippen molar-refractivity contribution in [3.63, 3.8) is 0 Å². The zero-order valence-corrected chi connectivity index (χ0v) is 10.9. The van der Waals surface area contributed by atoms with Gasteiger partial charge in [0.25, 0.3) is 5.91 Å². The van der Waals surface area contributed by atoms with E-state index in [0.29, 0.717) is 22.0 Å². The maximum Gasteiger partial charge on any atom is 0.255 e. The van der Waals surface area contributed by atoms with Crippen molar-refractivity contribution in [1.82, 2.24) is 0 Å². The van der Waals surface area contributed by atoms with Crippen molar-refractivity contribution >= 4 is 23.2 Å². The molecule has 0 unspecified atom stereocenters. The first-order valence-corrected chi connectivity index (χ1v) is 5.88. The van der Waals surface area contributed by atoms with E-state index in [2.05, 4.69) is 5.32 Å². The minimum atomic E-state index is -0.385. The molecule has 1 N–H and O–H groups in total. The number of benzene rings is 2. The Balaban J connectivity index is 2.14. The fraction of sp³-hybridized carbons (Fsp3) is 0.0714. The van der Waals surface area contributed by atoms with Crippen LogP contribution in [0.25, 0.3) is 0 Å². The lowest BCUT2D eigenvalue weighted by Crippen LogP contribution is -2.11. The molecule has 0 aliphatic carbocycles. The van der Waals surface area contributed by atoms with Crippen molar-refractivity contribution in [3.8, 4) is 5.75 Å². The van der Waals surface area contributed by atoms with E-state index in [-0.39, 0.29) is 11.7 Å². The molecule has 2 aromatic rings. The molecule has 2 aromatic carbocycles. The van der Waals surface area contributed by atoms with Crippen LogP contribution in [0.4, 0.5) is 10.1 Å². The van der Waals surface area contributed by atoms with Crippen molar-refractivity contribution in [1.29, 1.82) is 0 Å². The molecule has 1 amide bonds. The average Bonchev–Trinajstić information content (AvgIpc) is 2.39. The van der Waals surface area contributed by atoms with E-state index in [1.807, 2.05) is 0 Å². The van der Waals surface area contributed by atoms with E-state index in [4.69, 9.17) is 16.3 Å². The molecule has 0 aliphatic rings. The van der Waals surface area contributed by atoms with Crippen LogP contribution in [0.5, 0.6) is 5.75 Å². The molecule has 0 saturated carbocycles. The summed E-state index contributed by atoms with van der Waals surface area (Å²) in [6.45, 7) is 0. The number of rotatable bonds is 3. The molecule has 0 saturated heterocycles. The predicted octanol–water partition coefficient (Wildman–Crippen LogP) is 3.74. The second kappa shape index (κ2) is 5.71. The van der Waals surface area contributed by atoms with Gasteiger partial charge in [-0.1, -0.05) is 11.6 Å². The minimum absolute atomic E-state index is 0.332. The Labute approximate surface area is 115 Å². The van der Waals surface area contributed by atoms with Crippen molar-refractivity contribution in [2.45, 2.75) is 0 Å². The SMILES string of the molecule is COc1ccc(NC(=O)c2ccc(F)cc2)cc1Cl. The van der Waals surface area contributed by atoms with Gasteiger partial charge >= 0.3 is 0 Å². The standard InChI is InChI=1S/C14H11ClFNO2/c1-19-13-7-6-11(8-12(13)15)17-14(18)9-2-4-10(16)5-3-9/h2-8H,1H3,(H,17,18). The number of amides is 1. The Bertz CT molecular complexity index is 599. The fourth-order valence-electron chi connectivity index (χ4n) is 1.55. The molecule has 0 radical (unpaired) electrons. The fourth-order valence-corrected chi connectivity index (χ4v) is 1.81. The molecule has 0 aliphatic heterocycles. The molecule has 3 nitrogen and oxygen atoms in total. The summed E-state index contributed by atoms with van der Waals surface area (Å²) in [5, 5.41) is 3.07. The Kier molecular flexibility index (Phi) is 4.02. The van der Waals surface area contributed by atoms with Crippen LogP contribution in [0, 0.1) is 5.82 Å². The second-order valence-electron chi connectivity index (χ2n) is 3.81. The Morgan fingerprint density at radius 1 is 1.21 bits per heavy atom. The highest BCUT2D eigenvalue weighted by molar-refractivity contribution is 6.32. The lowest BCUT2D eigenvalue weighted by molar-refractivity contribution is 0.102. The quantitative estimate of drug-likeness (QED) is 0.929. The number of anilines is 1. The van der Waals surface area contributed by atoms with Gasteiger partial charge in [0.1, 0.15) is 11.6 Å². The number of methoxy groups -OCH3 is 1. The van der Waals surface area contributed by atoms with Crippen LogP contribution in [-0.4, -0.2) is 13.0 Å². The van der Waals surface area contributed by atoms with Gasteiger partial charge < -0.3 is 10.1 Å². The zero-order valence-electron chi connectivity index (χ0n) is 10.1.